The molecule has 2 atom stereocenters. The van der Waals surface area contributed by atoms with Gasteiger partial charge in [0.1, 0.15) is 0 Å². The van der Waals surface area contributed by atoms with Gasteiger partial charge in [-0.05, 0) is 114 Å². The predicted molar refractivity (Wildman–Crippen MR) is 148 cm³/mol. The number of benzene rings is 3. The van der Waals surface area contributed by atoms with Crippen molar-refractivity contribution in [3.63, 3.8) is 0 Å². The van der Waals surface area contributed by atoms with Gasteiger partial charge in [0.2, 0.25) is 0 Å². The van der Waals surface area contributed by atoms with Crippen LogP contribution in [0.2, 0.25) is 0 Å². The predicted octanol–water partition coefficient (Wildman–Crippen LogP) is 5.86. The SMILES string of the molecule is O=C1C=C(C2CCCN2)Cc2ccc(-c3ccc4cc(C5=CN=C([C@@H]6CCCN6)C5)ccc4c3)cc21. The molecule has 0 spiro atoms. The smallest absolute Gasteiger partial charge is 0.186 e. The van der Waals surface area contributed by atoms with E-state index >= 15 is 0 Å². The summed E-state index contributed by atoms with van der Waals surface area (Å²) in [6.45, 7) is 2.15. The number of rotatable bonds is 4. The summed E-state index contributed by atoms with van der Waals surface area (Å²) in [6.07, 6.45) is 10.5. The largest absolute Gasteiger partial charge is 0.310 e. The highest BCUT2D eigenvalue weighted by molar-refractivity contribution is 6.08. The van der Waals surface area contributed by atoms with E-state index in [1.165, 1.54) is 52.5 Å². The van der Waals surface area contributed by atoms with Crippen LogP contribution in [0, 0.1) is 0 Å². The lowest BCUT2D eigenvalue weighted by Gasteiger charge is -2.21. The second kappa shape index (κ2) is 8.95. The summed E-state index contributed by atoms with van der Waals surface area (Å²) in [4.78, 5) is 17.7. The van der Waals surface area contributed by atoms with Crippen LogP contribution in [0.4, 0.5) is 0 Å². The maximum atomic E-state index is 13.0. The molecule has 0 amide bonds. The molecule has 2 saturated heterocycles. The number of hydrogen-bond donors (Lipinski definition) is 2. The number of carbonyl (C=O) groups excluding carboxylic acids is 1. The highest BCUT2D eigenvalue weighted by Gasteiger charge is 2.26. The third kappa shape index (κ3) is 3.95. The van der Waals surface area contributed by atoms with Gasteiger partial charge in [0.15, 0.2) is 5.78 Å². The van der Waals surface area contributed by atoms with Crippen LogP contribution >= 0.6 is 0 Å². The summed E-state index contributed by atoms with van der Waals surface area (Å²) in [5, 5.41) is 9.55. The minimum absolute atomic E-state index is 0.145. The molecule has 0 saturated carbocycles. The zero-order valence-electron chi connectivity index (χ0n) is 20.5. The quantitative estimate of drug-likeness (QED) is 0.499. The summed E-state index contributed by atoms with van der Waals surface area (Å²) in [6, 6.07) is 20.6. The first-order chi connectivity index (χ1) is 17.7. The second-order valence-corrected chi connectivity index (χ2v) is 10.7. The van der Waals surface area contributed by atoms with Gasteiger partial charge < -0.3 is 10.6 Å². The molecule has 2 fully saturated rings. The van der Waals surface area contributed by atoms with E-state index in [1.54, 1.807) is 0 Å². The Morgan fingerprint density at radius 1 is 0.750 bits per heavy atom. The van der Waals surface area contributed by atoms with Crippen molar-refractivity contribution in [3.8, 4) is 11.1 Å². The van der Waals surface area contributed by atoms with Gasteiger partial charge in [-0.2, -0.15) is 0 Å². The summed E-state index contributed by atoms with van der Waals surface area (Å²) in [7, 11) is 0. The van der Waals surface area contributed by atoms with E-state index in [0.717, 1.165) is 54.6 Å². The zero-order valence-corrected chi connectivity index (χ0v) is 20.5. The van der Waals surface area contributed by atoms with Crippen molar-refractivity contribution in [1.29, 1.82) is 0 Å². The maximum absolute atomic E-state index is 13.0. The fourth-order valence-electron chi connectivity index (χ4n) is 6.31. The number of nitrogens with one attached hydrogen (secondary N) is 2. The Morgan fingerprint density at radius 2 is 1.44 bits per heavy atom. The number of aliphatic imine (C=N–C) groups is 1. The summed E-state index contributed by atoms with van der Waals surface area (Å²) in [5.41, 5.74) is 9.34. The van der Waals surface area contributed by atoms with Crippen LogP contribution < -0.4 is 10.6 Å². The molecule has 7 rings (SSSR count). The van der Waals surface area contributed by atoms with Crippen molar-refractivity contribution in [3.05, 3.63) is 89.1 Å². The third-order valence-corrected chi connectivity index (χ3v) is 8.36. The van der Waals surface area contributed by atoms with E-state index in [0.29, 0.717) is 12.1 Å². The van der Waals surface area contributed by atoms with Crippen LogP contribution in [0.3, 0.4) is 0 Å². The summed E-state index contributed by atoms with van der Waals surface area (Å²) < 4.78 is 0. The molecule has 180 valence electrons. The van der Waals surface area contributed by atoms with E-state index in [1.807, 2.05) is 6.08 Å². The normalized spacial score (nSPS) is 23.6. The Balaban J connectivity index is 1.12. The molecular formula is C32H31N3O. The zero-order chi connectivity index (χ0) is 24.1. The monoisotopic (exact) mass is 473 g/mol. The van der Waals surface area contributed by atoms with Gasteiger partial charge in [-0.25, -0.2) is 0 Å². The van der Waals surface area contributed by atoms with Crippen LogP contribution in [0.15, 0.2) is 77.4 Å². The van der Waals surface area contributed by atoms with Crippen molar-refractivity contribution >= 4 is 27.8 Å². The van der Waals surface area contributed by atoms with Gasteiger partial charge in [0.05, 0.1) is 0 Å². The average molecular weight is 474 g/mol. The molecule has 1 unspecified atom stereocenters. The molecule has 4 heteroatoms. The topological polar surface area (TPSA) is 53.5 Å². The van der Waals surface area contributed by atoms with Crippen LogP contribution in [-0.2, 0) is 6.42 Å². The minimum Gasteiger partial charge on any atom is -0.310 e. The van der Waals surface area contributed by atoms with E-state index in [4.69, 9.17) is 4.99 Å². The third-order valence-electron chi connectivity index (χ3n) is 8.36. The molecule has 0 aromatic heterocycles. The first-order valence-electron chi connectivity index (χ1n) is 13.4. The Morgan fingerprint density at radius 3 is 2.22 bits per heavy atom. The molecule has 3 heterocycles. The fraction of sp³-hybridized carbons (Fsp3) is 0.312. The Hall–Kier alpha value is -3.34. The van der Waals surface area contributed by atoms with E-state index in [-0.39, 0.29) is 5.78 Å². The standard InChI is InChI=1S/C32H31N3O/c36-32-18-26(29-3-1-11-33-29)15-25-10-9-24(16-28(25)32)22-6-5-21-14-23(8-7-20(21)13-22)27-17-31(35-19-27)30-4-2-12-34-30/h5-10,13-14,16,18-19,29-30,33-34H,1-4,11-12,15,17H2/t29?,30-/m0/s1. The number of fused-ring (bicyclic) bond motifs is 2. The first kappa shape index (κ1) is 21.9. The molecule has 4 nitrogen and oxygen atoms in total. The van der Waals surface area contributed by atoms with E-state index in [9.17, 15) is 4.79 Å². The first-order valence-corrected chi connectivity index (χ1v) is 13.4. The molecule has 4 aliphatic rings. The van der Waals surface area contributed by atoms with Gasteiger partial charge in [-0.15, -0.1) is 0 Å². The lowest BCUT2D eigenvalue weighted by atomic mass is 9.85. The Bertz CT molecular complexity index is 1470. The highest BCUT2D eigenvalue weighted by Crippen LogP contribution is 2.33. The molecule has 2 N–H and O–H groups in total. The Kier molecular flexibility index (Phi) is 5.45. The van der Waals surface area contributed by atoms with Crippen molar-refractivity contribution in [2.24, 2.45) is 4.99 Å². The minimum atomic E-state index is 0.145. The lowest BCUT2D eigenvalue weighted by molar-refractivity contribution is 0.104. The fourth-order valence-corrected chi connectivity index (χ4v) is 6.31. The lowest BCUT2D eigenvalue weighted by Crippen LogP contribution is -2.29. The van der Waals surface area contributed by atoms with E-state index < -0.39 is 0 Å². The van der Waals surface area contributed by atoms with Gasteiger partial charge in [-0.1, -0.05) is 36.4 Å². The average Bonchev–Trinajstić information content (AvgIpc) is 3.70. The van der Waals surface area contributed by atoms with Crippen molar-refractivity contribution in [2.75, 3.05) is 13.1 Å². The number of ketones is 1. The Labute approximate surface area is 212 Å². The number of allylic oxidation sites excluding steroid dienone is 2. The van der Waals surface area contributed by atoms with Gasteiger partial charge in [-0.3, -0.25) is 9.79 Å². The van der Waals surface area contributed by atoms with Crippen LogP contribution in [-0.4, -0.2) is 36.7 Å². The van der Waals surface area contributed by atoms with Crippen LogP contribution in [0.25, 0.3) is 27.5 Å². The molecule has 3 aromatic rings. The van der Waals surface area contributed by atoms with Crippen LogP contribution in [0.5, 0.6) is 0 Å². The van der Waals surface area contributed by atoms with E-state index in [2.05, 4.69) is 71.4 Å². The number of nitrogens with zero attached hydrogens (tertiary/aromatic N) is 1. The van der Waals surface area contributed by atoms with Gasteiger partial charge >= 0.3 is 0 Å². The van der Waals surface area contributed by atoms with Gasteiger partial charge in [0.25, 0.3) is 0 Å². The van der Waals surface area contributed by atoms with Crippen LogP contribution in [0.1, 0.15) is 53.6 Å². The van der Waals surface area contributed by atoms with Gasteiger partial charge in [0, 0.05) is 36.0 Å². The van der Waals surface area contributed by atoms with Crippen molar-refractivity contribution < 1.29 is 4.79 Å². The highest BCUT2D eigenvalue weighted by atomic mass is 16.1. The molecular weight excluding hydrogens is 442 g/mol. The number of carbonyl (C=O) groups is 1. The molecule has 0 bridgehead atoms. The van der Waals surface area contributed by atoms with Crippen molar-refractivity contribution in [2.45, 2.75) is 50.6 Å². The second-order valence-electron chi connectivity index (χ2n) is 10.7. The molecule has 1 aliphatic carbocycles. The number of hydrogen-bond acceptors (Lipinski definition) is 4. The molecule has 3 aliphatic heterocycles. The summed E-state index contributed by atoms with van der Waals surface area (Å²) >= 11 is 0. The molecule has 36 heavy (non-hydrogen) atoms. The van der Waals surface area contributed by atoms with Crippen molar-refractivity contribution in [1.82, 2.24) is 10.6 Å². The maximum Gasteiger partial charge on any atom is 0.186 e. The molecule has 3 aromatic carbocycles. The molecule has 0 radical (unpaired) electrons. The summed E-state index contributed by atoms with van der Waals surface area (Å²) in [5.74, 6) is 0.145.